The van der Waals surface area contributed by atoms with E-state index in [9.17, 15) is 13.6 Å². The lowest BCUT2D eigenvalue weighted by Gasteiger charge is -2.09. The van der Waals surface area contributed by atoms with Gasteiger partial charge in [0.05, 0.1) is 33.6 Å². The highest BCUT2D eigenvalue weighted by Crippen LogP contribution is 2.33. The number of hydrogen-bond donors (Lipinski definition) is 1. The van der Waals surface area contributed by atoms with E-state index >= 15 is 0 Å². The molecule has 1 N–H and O–H groups in total. The maximum absolute atomic E-state index is 13.8. The number of thioether (sulfide) groups is 1. The van der Waals surface area contributed by atoms with Gasteiger partial charge in [-0.3, -0.25) is 9.79 Å². The topological polar surface area (TPSA) is 53.8 Å². The van der Waals surface area contributed by atoms with E-state index in [0.29, 0.717) is 6.42 Å². The molecule has 156 valence electrons. The molecule has 0 fully saturated rings. The van der Waals surface area contributed by atoms with Crippen LogP contribution in [-0.2, 0) is 4.79 Å². The predicted molar refractivity (Wildman–Crippen MR) is 123 cm³/mol. The summed E-state index contributed by atoms with van der Waals surface area (Å²) in [5.74, 6) is -1.73. The number of rotatable bonds is 4. The number of carbonyl (C=O) groups excluding carboxylic acids is 1. The molecule has 0 aromatic heterocycles. The minimum absolute atomic E-state index is 0.0120. The van der Waals surface area contributed by atoms with Crippen molar-refractivity contribution in [2.75, 3.05) is 11.1 Å². The van der Waals surface area contributed by atoms with E-state index < -0.39 is 17.5 Å². The highest BCUT2D eigenvalue weighted by atomic mass is 32.2. The minimum Gasteiger partial charge on any atom is -0.323 e. The molecule has 1 aliphatic rings. The van der Waals surface area contributed by atoms with Gasteiger partial charge < -0.3 is 5.32 Å². The Balaban J connectivity index is 1.53. The van der Waals surface area contributed by atoms with Crippen LogP contribution in [0.2, 0.25) is 0 Å². The van der Waals surface area contributed by atoms with Crippen molar-refractivity contribution >= 4 is 45.5 Å². The van der Waals surface area contributed by atoms with E-state index in [1.54, 1.807) is 0 Å². The molecule has 1 amide bonds. The third-order valence-electron chi connectivity index (χ3n) is 4.66. The molecule has 3 aromatic rings. The first-order valence-corrected chi connectivity index (χ1v) is 10.7. The number of benzene rings is 3. The number of carbonyl (C=O) groups is 1. The molecule has 3 aromatic carbocycles. The molecule has 0 saturated carbocycles. The summed E-state index contributed by atoms with van der Waals surface area (Å²) in [6, 6.07) is 18.6. The van der Waals surface area contributed by atoms with Gasteiger partial charge in [0.15, 0.2) is 0 Å². The first-order chi connectivity index (χ1) is 15.0. The fourth-order valence-electron chi connectivity index (χ4n) is 3.08. The normalized spacial score (nSPS) is 13.0. The quantitative estimate of drug-likeness (QED) is 0.530. The number of aryl methyl sites for hydroxylation is 1. The van der Waals surface area contributed by atoms with Crippen LogP contribution < -0.4 is 5.32 Å². The van der Waals surface area contributed by atoms with Crippen LogP contribution >= 0.6 is 11.8 Å². The summed E-state index contributed by atoms with van der Waals surface area (Å²) in [5, 5.41) is 3.14. The van der Waals surface area contributed by atoms with Gasteiger partial charge in [-0.05, 0) is 36.8 Å². The van der Waals surface area contributed by atoms with Crippen molar-refractivity contribution in [2.24, 2.45) is 9.98 Å². The van der Waals surface area contributed by atoms with E-state index in [0.717, 1.165) is 51.5 Å². The third-order valence-corrected chi connectivity index (χ3v) is 5.63. The van der Waals surface area contributed by atoms with Crippen molar-refractivity contribution in [1.29, 1.82) is 0 Å². The Morgan fingerprint density at radius 3 is 2.45 bits per heavy atom. The number of amides is 1. The number of halogens is 2. The van der Waals surface area contributed by atoms with Crippen LogP contribution in [-0.4, -0.2) is 22.4 Å². The van der Waals surface area contributed by atoms with Gasteiger partial charge in [0.25, 0.3) is 0 Å². The molecule has 0 atom stereocenters. The highest BCUT2D eigenvalue weighted by molar-refractivity contribution is 8.14. The maximum Gasteiger partial charge on any atom is 0.234 e. The highest BCUT2D eigenvalue weighted by Gasteiger charge is 2.17. The second-order valence-corrected chi connectivity index (χ2v) is 8.11. The molecule has 0 spiro atoms. The van der Waals surface area contributed by atoms with E-state index in [1.165, 1.54) is 11.8 Å². The molecule has 1 heterocycles. The van der Waals surface area contributed by atoms with Crippen molar-refractivity contribution in [3.05, 3.63) is 89.5 Å². The smallest absolute Gasteiger partial charge is 0.234 e. The second-order valence-electron chi connectivity index (χ2n) is 7.06. The molecule has 4 rings (SSSR count). The monoisotopic (exact) mass is 435 g/mol. The molecule has 0 radical (unpaired) electrons. The lowest BCUT2D eigenvalue weighted by atomic mass is 10.1. The zero-order valence-corrected chi connectivity index (χ0v) is 17.5. The number of fused-ring (bicyclic) bond motifs is 1. The second kappa shape index (κ2) is 9.22. The number of nitrogens with zero attached hydrogens (tertiary/aromatic N) is 2. The van der Waals surface area contributed by atoms with Crippen molar-refractivity contribution in [3.63, 3.8) is 0 Å². The number of anilines is 1. The van der Waals surface area contributed by atoms with Crippen LogP contribution in [0.15, 0.2) is 76.7 Å². The standard InChI is InChI=1S/C24H19F2N3OS/c1-15-6-8-16(9-7-15)21-13-24(29-20-5-3-2-4-19(20)27-21)31-14-23(30)28-22-12-17(25)10-11-18(22)26/h2-12H,13-14H2,1H3,(H,28,30). The van der Waals surface area contributed by atoms with Crippen molar-refractivity contribution < 1.29 is 13.6 Å². The van der Waals surface area contributed by atoms with Gasteiger partial charge in [-0.2, -0.15) is 0 Å². The van der Waals surface area contributed by atoms with Crippen LogP contribution in [0, 0.1) is 18.6 Å². The molecule has 31 heavy (non-hydrogen) atoms. The molecule has 4 nitrogen and oxygen atoms in total. The van der Waals surface area contributed by atoms with Gasteiger partial charge in [0.2, 0.25) is 5.91 Å². The summed E-state index contributed by atoms with van der Waals surface area (Å²) in [6.45, 7) is 2.02. The van der Waals surface area contributed by atoms with Crippen LogP contribution in [0.3, 0.4) is 0 Å². The Hall–Kier alpha value is -3.32. The molecule has 0 saturated heterocycles. The molecular weight excluding hydrogens is 416 g/mol. The van der Waals surface area contributed by atoms with Gasteiger partial charge in [-0.25, -0.2) is 13.8 Å². The lowest BCUT2D eigenvalue weighted by molar-refractivity contribution is -0.113. The average Bonchev–Trinajstić information content (AvgIpc) is 2.94. The first-order valence-electron chi connectivity index (χ1n) is 9.67. The average molecular weight is 435 g/mol. The Kier molecular flexibility index (Phi) is 6.23. The summed E-state index contributed by atoms with van der Waals surface area (Å²) in [6.07, 6.45) is 0.462. The lowest BCUT2D eigenvalue weighted by Crippen LogP contribution is -2.17. The fraction of sp³-hybridized carbons (Fsp3) is 0.125. The summed E-state index contributed by atoms with van der Waals surface area (Å²) in [7, 11) is 0. The van der Waals surface area contributed by atoms with Crippen LogP contribution in [0.4, 0.5) is 25.8 Å². The molecule has 0 bridgehead atoms. The van der Waals surface area contributed by atoms with Gasteiger partial charge in [-0.1, -0.05) is 42.0 Å². The largest absolute Gasteiger partial charge is 0.323 e. The molecule has 0 unspecified atom stereocenters. The first kappa shape index (κ1) is 20.9. The molecule has 1 aliphatic heterocycles. The number of aliphatic imine (C=N–C) groups is 2. The molecule has 7 heteroatoms. The van der Waals surface area contributed by atoms with E-state index in [4.69, 9.17) is 9.98 Å². The van der Waals surface area contributed by atoms with Crippen molar-refractivity contribution in [2.45, 2.75) is 13.3 Å². The van der Waals surface area contributed by atoms with Gasteiger partial charge in [0, 0.05) is 12.5 Å². The molecule has 0 aliphatic carbocycles. The van der Waals surface area contributed by atoms with Crippen molar-refractivity contribution in [3.8, 4) is 0 Å². The summed E-state index contributed by atoms with van der Waals surface area (Å²) < 4.78 is 27.1. The fourth-order valence-corrected chi connectivity index (χ4v) is 3.85. The van der Waals surface area contributed by atoms with Crippen LogP contribution in [0.5, 0.6) is 0 Å². The van der Waals surface area contributed by atoms with E-state index in [1.807, 2.05) is 55.5 Å². The van der Waals surface area contributed by atoms with Crippen LogP contribution in [0.25, 0.3) is 0 Å². The Bertz CT molecular complexity index is 1190. The summed E-state index contributed by atoms with van der Waals surface area (Å²) in [5.41, 5.74) is 4.31. The SMILES string of the molecule is Cc1ccc(C2=Nc3ccccc3N=C(SCC(=O)Nc3cc(F)ccc3F)C2)cc1. The number of para-hydroxylation sites is 2. The number of nitrogens with one attached hydrogen (secondary N) is 1. The zero-order valence-electron chi connectivity index (χ0n) is 16.7. The maximum atomic E-state index is 13.8. The molecular formula is C24H19F2N3OS. The van der Waals surface area contributed by atoms with Gasteiger partial charge >= 0.3 is 0 Å². The Morgan fingerprint density at radius 2 is 1.71 bits per heavy atom. The summed E-state index contributed by atoms with van der Waals surface area (Å²) >= 11 is 1.25. The minimum atomic E-state index is -0.686. The van der Waals surface area contributed by atoms with Crippen molar-refractivity contribution in [1.82, 2.24) is 0 Å². The van der Waals surface area contributed by atoms with Crippen LogP contribution in [0.1, 0.15) is 17.5 Å². The Labute approximate surface area is 183 Å². The predicted octanol–water partition coefficient (Wildman–Crippen LogP) is 6.20. The van der Waals surface area contributed by atoms with Gasteiger partial charge in [-0.15, -0.1) is 11.8 Å². The Morgan fingerprint density at radius 1 is 1.00 bits per heavy atom. The summed E-state index contributed by atoms with van der Waals surface area (Å²) in [4.78, 5) is 21.8. The third kappa shape index (κ3) is 5.24. The zero-order chi connectivity index (χ0) is 21.8. The van der Waals surface area contributed by atoms with Gasteiger partial charge in [0.1, 0.15) is 11.6 Å². The van der Waals surface area contributed by atoms with E-state index in [2.05, 4.69) is 5.32 Å². The number of hydrogen-bond acceptors (Lipinski definition) is 4. The van der Waals surface area contributed by atoms with E-state index in [-0.39, 0.29) is 11.4 Å².